The van der Waals surface area contributed by atoms with Crippen molar-refractivity contribution in [1.82, 2.24) is 10.4 Å². The zero-order chi connectivity index (χ0) is 14.0. The lowest BCUT2D eigenvalue weighted by Crippen LogP contribution is -2.29. The number of aryl methyl sites for hydroxylation is 2. The number of anilines is 1. The highest BCUT2D eigenvalue weighted by Gasteiger charge is 2.17. The highest BCUT2D eigenvalue weighted by Crippen LogP contribution is 2.30. The molecule has 0 saturated carbocycles. The molecule has 0 aliphatic heterocycles. The van der Waals surface area contributed by atoms with E-state index >= 15 is 0 Å². The van der Waals surface area contributed by atoms with Crippen molar-refractivity contribution in [2.45, 2.75) is 19.9 Å². The topological polar surface area (TPSA) is 77.0 Å². The molecule has 0 aliphatic carbocycles. The summed E-state index contributed by atoms with van der Waals surface area (Å²) in [5.74, 6) is 6.19. The van der Waals surface area contributed by atoms with Gasteiger partial charge in [-0.25, -0.2) is 10.4 Å². The molecule has 4 nitrogen and oxygen atoms in total. The Morgan fingerprint density at radius 1 is 1.26 bits per heavy atom. The van der Waals surface area contributed by atoms with Gasteiger partial charge in [0.1, 0.15) is 5.82 Å². The zero-order valence-electron chi connectivity index (χ0n) is 10.9. The molecule has 1 aromatic heterocycles. The minimum absolute atomic E-state index is 0.167. The minimum Gasteiger partial charge on any atom is -0.383 e. The quantitative estimate of drug-likeness (QED) is 0.600. The number of nitrogens with zero attached hydrogens (tertiary/aromatic N) is 1. The monoisotopic (exact) mass is 320 g/mol. The third-order valence-corrected chi connectivity index (χ3v) is 4.39. The number of nitrogen functional groups attached to an aromatic ring is 1. The van der Waals surface area contributed by atoms with Crippen molar-refractivity contribution in [2.75, 3.05) is 5.73 Å². The smallest absolute Gasteiger partial charge is 0.128 e. The Balaban J connectivity index is 2.52. The van der Waals surface area contributed by atoms with E-state index in [1.54, 1.807) is 6.20 Å². The van der Waals surface area contributed by atoms with Crippen LogP contribution in [-0.2, 0) is 0 Å². The number of nitrogens with one attached hydrogen (secondary N) is 1. The molecule has 19 heavy (non-hydrogen) atoms. The largest absolute Gasteiger partial charge is 0.383 e. The van der Waals surface area contributed by atoms with Gasteiger partial charge >= 0.3 is 0 Å². The molecule has 0 amide bonds. The van der Waals surface area contributed by atoms with E-state index in [2.05, 4.69) is 52.3 Å². The van der Waals surface area contributed by atoms with Crippen molar-refractivity contribution in [3.63, 3.8) is 0 Å². The highest BCUT2D eigenvalue weighted by atomic mass is 79.9. The van der Waals surface area contributed by atoms with E-state index in [4.69, 9.17) is 11.6 Å². The Bertz CT molecular complexity index is 575. The SMILES string of the molecule is Cc1cc(C(NN)c2cccnc2N)cc(C)c1Br. The van der Waals surface area contributed by atoms with Gasteiger partial charge in [-0.1, -0.05) is 34.1 Å². The van der Waals surface area contributed by atoms with E-state index < -0.39 is 0 Å². The number of hydrogen-bond donors (Lipinski definition) is 3. The van der Waals surface area contributed by atoms with Crippen molar-refractivity contribution in [3.8, 4) is 0 Å². The zero-order valence-corrected chi connectivity index (χ0v) is 12.5. The lowest BCUT2D eigenvalue weighted by Gasteiger charge is -2.19. The maximum absolute atomic E-state index is 5.92. The van der Waals surface area contributed by atoms with Crippen LogP contribution in [0.4, 0.5) is 5.82 Å². The van der Waals surface area contributed by atoms with Gasteiger partial charge in [0.15, 0.2) is 0 Å². The fourth-order valence-electron chi connectivity index (χ4n) is 2.19. The summed E-state index contributed by atoms with van der Waals surface area (Å²) in [4.78, 5) is 4.11. The van der Waals surface area contributed by atoms with Crippen LogP contribution in [0.25, 0.3) is 0 Å². The maximum atomic E-state index is 5.92. The number of hydrazine groups is 1. The lowest BCUT2D eigenvalue weighted by atomic mass is 9.96. The summed E-state index contributed by atoms with van der Waals surface area (Å²) in [6, 6.07) is 7.80. The molecule has 5 N–H and O–H groups in total. The third-order valence-electron chi connectivity index (χ3n) is 3.14. The number of pyridine rings is 1. The standard InChI is InChI=1S/C14H17BrN4/c1-8-6-10(7-9(2)12(8)15)13(19-17)11-4-3-5-18-14(11)16/h3-7,13,19H,17H2,1-2H3,(H2,16,18). The van der Waals surface area contributed by atoms with Crippen molar-refractivity contribution in [2.24, 2.45) is 5.84 Å². The molecule has 2 aromatic rings. The van der Waals surface area contributed by atoms with Crippen LogP contribution in [0.5, 0.6) is 0 Å². The Kier molecular flexibility index (Phi) is 4.19. The fraction of sp³-hybridized carbons (Fsp3) is 0.214. The summed E-state index contributed by atoms with van der Waals surface area (Å²) in [6.07, 6.45) is 1.67. The number of hydrogen-bond acceptors (Lipinski definition) is 4. The fourth-order valence-corrected chi connectivity index (χ4v) is 2.41. The Hall–Kier alpha value is -1.43. The lowest BCUT2D eigenvalue weighted by molar-refractivity contribution is 0.636. The number of nitrogens with two attached hydrogens (primary N) is 2. The van der Waals surface area contributed by atoms with E-state index in [-0.39, 0.29) is 6.04 Å². The van der Waals surface area contributed by atoms with Gasteiger partial charge in [0.05, 0.1) is 6.04 Å². The molecule has 5 heteroatoms. The second kappa shape index (κ2) is 5.69. The molecule has 0 aliphatic rings. The van der Waals surface area contributed by atoms with Gasteiger partial charge in [-0.3, -0.25) is 5.84 Å². The molecule has 100 valence electrons. The van der Waals surface area contributed by atoms with Crippen molar-refractivity contribution >= 4 is 21.7 Å². The first-order chi connectivity index (χ1) is 9.04. The van der Waals surface area contributed by atoms with E-state index in [1.807, 2.05) is 12.1 Å². The summed E-state index contributed by atoms with van der Waals surface area (Å²) >= 11 is 3.57. The number of benzene rings is 1. The van der Waals surface area contributed by atoms with Crippen LogP contribution in [0, 0.1) is 13.8 Å². The van der Waals surface area contributed by atoms with Gasteiger partial charge < -0.3 is 5.73 Å². The Morgan fingerprint density at radius 3 is 2.42 bits per heavy atom. The van der Waals surface area contributed by atoms with Crippen LogP contribution in [0.2, 0.25) is 0 Å². The molecule has 0 fully saturated rings. The van der Waals surface area contributed by atoms with Gasteiger partial charge in [0.25, 0.3) is 0 Å². The van der Waals surface area contributed by atoms with Gasteiger partial charge in [-0.05, 0) is 36.6 Å². The van der Waals surface area contributed by atoms with Crippen LogP contribution >= 0.6 is 15.9 Å². The van der Waals surface area contributed by atoms with E-state index in [0.29, 0.717) is 5.82 Å². The minimum atomic E-state index is -0.167. The van der Waals surface area contributed by atoms with Crippen LogP contribution in [0.3, 0.4) is 0 Å². The van der Waals surface area contributed by atoms with Crippen molar-refractivity contribution in [1.29, 1.82) is 0 Å². The molecule has 2 rings (SSSR count). The first-order valence-corrected chi connectivity index (χ1v) is 6.77. The Labute approximate surface area is 121 Å². The summed E-state index contributed by atoms with van der Waals surface area (Å²) in [5.41, 5.74) is 13.0. The molecule has 1 unspecified atom stereocenters. The first kappa shape index (κ1) is 14.0. The molecule has 0 saturated heterocycles. The molecular weight excluding hydrogens is 304 g/mol. The second-order valence-electron chi connectivity index (χ2n) is 4.55. The van der Waals surface area contributed by atoms with Gasteiger partial charge in [0, 0.05) is 16.2 Å². The Morgan fingerprint density at radius 2 is 1.89 bits per heavy atom. The molecule has 1 atom stereocenters. The molecule has 1 heterocycles. The summed E-state index contributed by atoms with van der Waals surface area (Å²) in [6.45, 7) is 4.11. The van der Waals surface area contributed by atoms with Crippen molar-refractivity contribution in [3.05, 3.63) is 57.2 Å². The van der Waals surface area contributed by atoms with E-state index in [1.165, 1.54) is 0 Å². The predicted octanol–water partition coefficient (Wildman–Crippen LogP) is 2.60. The number of rotatable bonds is 3. The average molecular weight is 321 g/mol. The molecular formula is C14H17BrN4. The number of halogens is 1. The van der Waals surface area contributed by atoms with Crippen LogP contribution in [0.1, 0.15) is 28.3 Å². The van der Waals surface area contributed by atoms with E-state index in [9.17, 15) is 0 Å². The average Bonchev–Trinajstić information content (AvgIpc) is 2.39. The molecule has 0 bridgehead atoms. The highest BCUT2D eigenvalue weighted by molar-refractivity contribution is 9.10. The van der Waals surface area contributed by atoms with Gasteiger partial charge in [0.2, 0.25) is 0 Å². The van der Waals surface area contributed by atoms with Crippen LogP contribution in [0.15, 0.2) is 34.9 Å². The van der Waals surface area contributed by atoms with Gasteiger partial charge in [-0.15, -0.1) is 0 Å². The summed E-state index contributed by atoms with van der Waals surface area (Å²) in [7, 11) is 0. The number of aromatic nitrogens is 1. The molecule has 0 spiro atoms. The molecule has 0 radical (unpaired) electrons. The first-order valence-electron chi connectivity index (χ1n) is 5.97. The van der Waals surface area contributed by atoms with Gasteiger partial charge in [-0.2, -0.15) is 0 Å². The van der Waals surface area contributed by atoms with E-state index in [0.717, 1.165) is 26.7 Å². The van der Waals surface area contributed by atoms with Crippen LogP contribution < -0.4 is 17.0 Å². The summed E-state index contributed by atoms with van der Waals surface area (Å²) in [5, 5.41) is 0. The third kappa shape index (κ3) is 2.78. The summed E-state index contributed by atoms with van der Waals surface area (Å²) < 4.78 is 1.12. The maximum Gasteiger partial charge on any atom is 0.128 e. The second-order valence-corrected chi connectivity index (χ2v) is 5.34. The molecule has 1 aromatic carbocycles. The predicted molar refractivity (Wildman–Crippen MR) is 81.4 cm³/mol. The normalized spacial score (nSPS) is 12.4. The van der Waals surface area contributed by atoms with Crippen LogP contribution in [-0.4, -0.2) is 4.98 Å². The van der Waals surface area contributed by atoms with Crippen molar-refractivity contribution < 1.29 is 0 Å².